The molecule has 0 spiro atoms. The third kappa shape index (κ3) is 6.38. The summed E-state index contributed by atoms with van der Waals surface area (Å²) in [6.07, 6.45) is 7.43. The summed E-state index contributed by atoms with van der Waals surface area (Å²) in [6.45, 7) is 6.90. The lowest BCUT2D eigenvalue weighted by Gasteiger charge is -1.99. The zero-order chi connectivity index (χ0) is 10.3. The Bertz CT molecular complexity index is 155. The van der Waals surface area contributed by atoms with Crippen molar-refractivity contribution in [3.8, 4) is 0 Å². The van der Waals surface area contributed by atoms with E-state index in [-0.39, 0.29) is 5.57 Å². The molecule has 0 saturated heterocycles. The molecule has 0 aromatic heterocycles. The van der Waals surface area contributed by atoms with Crippen molar-refractivity contribution in [2.45, 2.75) is 46.0 Å². The van der Waals surface area contributed by atoms with Gasteiger partial charge in [-0.3, -0.25) is 0 Å². The Morgan fingerprint density at radius 1 is 1.46 bits per heavy atom. The monoisotopic (exact) mass is 184 g/mol. The largest absolute Gasteiger partial charge is 0.478 e. The van der Waals surface area contributed by atoms with Crippen LogP contribution in [0.15, 0.2) is 12.2 Å². The van der Waals surface area contributed by atoms with Gasteiger partial charge in [0.2, 0.25) is 0 Å². The molecule has 76 valence electrons. The summed E-state index contributed by atoms with van der Waals surface area (Å²) in [7, 11) is 0. The van der Waals surface area contributed by atoms with Crippen molar-refractivity contribution in [2.75, 3.05) is 0 Å². The van der Waals surface area contributed by atoms with E-state index in [2.05, 4.69) is 13.5 Å². The fourth-order valence-corrected chi connectivity index (χ4v) is 1.42. The van der Waals surface area contributed by atoms with Crippen LogP contribution in [-0.2, 0) is 4.79 Å². The molecule has 1 aliphatic rings. The van der Waals surface area contributed by atoms with Gasteiger partial charge >= 0.3 is 5.97 Å². The van der Waals surface area contributed by atoms with Gasteiger partial charge in [0.05, 0.1) is 0 Å². The standard InChI is InChI=1S/C7H14.C4H6O2/c1-2-7-5-3-4-6-7;1-3(2)4(5)6/h7H,2-6H2,1H3;1H2,2H3,(H,5,6). The molecule has 2 nitrogen and oxygen atoms in total. The molecule has 0 amide bonds. The molecule has 0 aromatic rings. The van der Waals surface area contributed by atoms with E-state index >= 15 is 0 Å². The van der Waals surface area contributed by atoms with Crippen molar-refractivity contribution >= 4 is 5.97 Å². The summed E-state index contributed by atoms with van der Waals surface area (Å²) in [4.78, 5) is 9.60. The fraction of sp³-hybridized carbons (Fsp3) is 0.727. The minimum absolute atomic E-state index is 0.176. The molecule has 0 bridgehead atoms. The van der Waals surface area contributed by atoms with Crippen LogP contribution in [0.5, 0.6) is 0 Å². The van der Waals surface area contributed by atoms with Crippen LogP contribution in [0.25, 0.3) is 0 Å². The predicted molar refractivity (Wildman–Crippen MR) is 54.7 cm³/mol. The van der Waals surface area contributed by atoms with Crippen LogP contribution in [0, 0.1) is 5.92 Å². The molecule has 13 heavy (non-hydrogen) atoms. The van der Waals surface area contributed by atoms with E-state index in [1.54, 1.807) is 0 Å². The molecule has 1 fully saturated rings. The third-order valence-corrected chi connectivity index (χ3v) is 2.42. The van der Waals surface area contributed by atoms with E-state index in [0.29, 0.717) is 0 Å². The van der Waals surface area contributed by atoms with Gasteiger partial charge in [-0.15, -0.1) is 0 Å². The minimum atomic E-state index is -0.935. The van der Waals surface area contributed by atoms with E-state index in [1.807, 2.05) is 0 Å². The lowest BCUT2D eigenvalue weighted by atomic mass is 10.1. The van der Waals surface area contributed by atoms with Crippen LogP contribution in [0.1, 0.15) is 46.0 Å². The molecule has 1 rings (SSSR count). The summed E-state index contributed by atoms with van der Waals surface area (Å²) >= 11 is 0. The van der Waals surface area contributed by atoms with Crippen molar-refractivity contribution in [3.63, 3.8) is 0 Å². The molecular formula is C11H20O2. The Balaban J connectivity index is 0.000000226. The SMILES string of the molecule is C=C(C)C(=O)O.CCC1CCCC1. The molecule has 1 N–H and O–H groups in total. The van der Waals surface area contributed by atoms with Crippen molar-refractivity contribution in [2.24, 2.45) is 5.92 Å². The van der Waals surface area contributed by atoms with Crippen LogP contribution in [0.2, 0.25) is 0 Å². The summed E-state index contributed by atoms with van der Waals surface area (Å²) in [5.41, 5.74) is 0.176. The molecule has 0 unspecified atom stereocenters. The second-order valence-electron chi connectivity index (χ2n) is 3.64. The van der Waals surface area contributed by atoms with Crippen LogP contribution in [-0.4, -0.2) is 11.1 Å². The smallest absolute Gasteiger partial charge is 0.330 e. The number of aliphatic carboxylic acids is 1. The minimum Gasteiger partial charge on any atom is -0.478 e. The number of carbonyl (C=O) groups is 1. The summed E-state index contributed by atoms with van der Waals surface area (Å²) in [5, 5.41) is 7.89. The first-order chi connectivity index (χ1) is 6.07. The second-order valence-corrected chi connectivity index (χ2v) is 3.64. The highest BCUT2D eigenvalue weighted by Gasteiger charge is 2.11. The maximum absolute atomic E-state index is 9.60. The van der Waals surface area contributed by atoms with Gasteiger partial charge in [0.15, 0.2) is 0 Å². The maximum atomic E-state index is 9.60. The zero-order valence-corrected chi connectivity index (χ0v) is 8.68. The molecule has 0 aromatic carbocycles. The molecule has 1 aliphatic carbocycles. The molecule has 2 heteroatoms. The number of hydrogen-bond donors (Lipinski definition) is 1. The quantitative estimate of drug-likeness (QED) is 0.669. The van der Waals surface area contributed by atoms with E-state index < -0.39 is 5.97 Å². The van der Waals surface area contributed by atoms with Gasteiger partial charge in [-0.05, 0) is 12.8 Å². The van der Waals surface area contributed by atoms with Gasteiger partial charge in [-0.25, -0.2) is 4.79 Å². The Labute approximate surface area is 80.7 Å². The topological polar surface area (TPSA) is 37.3 Å². The lowest BCUT2D eigenvalue weighted by Crippen LogP contribution is -1.92. The van der Waals surface area contributed by atoms with Gasteiger partial charge in [0.25, 0.3) is 0 Å². The molecule has 0 heterocycles. The average molecular weight is 184 g/mol. The van der Waals surface area contributed by atoms with E-state index in [9.17, 15) is 4.79 Å². The number of carboxylic acids is 1. The summed E-state index contributed by atoms with van der Waals surface area (Å²) in [6, 6.07) is 0. The van der Waals surface area contributed by atoms with Crippen molar-refractivity contribution in [3.05, 3.63) is 12.2 Å². The highest BCUT2D eigenvalue weighted by atomic mass is 16.4. The van der Waals surface area contributed by atoms with E-state index in [4.69, 9.17) is 5.11 Å². The van der Waals surface area contributed by atoms with Gasteiger partial charge in [0.1, 0.15) is 0 Å². The molecule has 1 saturated carbocycles. The number of hydrogen-bond acceptors (Lipinski definition) is 1. The van der Waals surface area contributed by atoms with Crippen molar-refractivity contribution in [1.29, 1.82) is 0 Å². The fourth-order valence-electron chi connectivity index (χ4n) is 1.42. The molecule has 0 atom stereocenters. The highest BCUT2D eigenvalue weighted by Crippen LogP contribution is 2.26. The third-order valence-electron chi connectivity index (χ3n) is 2.42. The van der Waals surface area contributed by atoms with Crippen LogP contribution in [0.3, 0.4) is 0 Å². The molecular weight excluding hydrogens is 164 g/mol. The predicted octanol–water partition coefficient (Wildman–Crippen LogP) is 3.23. The van der Waals surface area contributed by atoms with Crippen LogP contribution in [0.4, 0.5) is 0 Å². The molecule has 0 radical (unpaired) electrons. The maximum Gasteiger partial charge on any atom is 0.330 e. The highest BCUT2D eigenvalue weighted by molar-refractivity contribution is 5.84. The normalized spacial score (nSPS) is 16.2. The first-order valence-electron chi connectivity index (χ1n) is 4.96. The zero-order valence-electron chi connectivity index (χ0n) is 8.68. The Hall–Kier alpha value is -0.790. The Morgan fingerprint density at radius 3 is 2.00 bits per heavy atom. The van der Waals surface area contributed by atoms with E-state index in [0.717, 1.165) is 5.92 Å². The summed E-state index contributed by atoms with van der Waals surface area (Å²) < 4.78 is 0. The first-order valence-corrected chi connectivity index (χ1v) is 4.96. The van der Waals surface area contributed by atoms with Gasteiger partial charge in [-0.1, -0.05) is 45.6 Å². The van der Waals surface area contributed by atoms with Gasteiger partial charge < -0.3 is 5.11 Å². The van der Waals surface area contributed by atoms with Gasteiger partial charge in [0, 0.05) is 5.57 Å². The van der Waals surface area contributed by atoms with E-state index in [1.165, 1.54) is 39.0 Å². The first kappa shape index (κ1) is 12.2. The number of carboxylic acid groups (broad SMARTS) is 1. The Kier molecular flexibility index (Phi) is 6.29. The average Bonchev–Trinajstić information content (AvgIpc) is 2.56. The van der Waals surface area contributed by atoms with Crippen LogP contribution < -0.4 is 0 Å². The van der Waals surface area contributed by atoms with Crippen molar-refractivity contribution in [1.82, 2.24) is 0 Å². The lowest BCUT2D eigenvalue weighted by molar-refractivity contribution is -0.132. The van der Waals surface area contributed by atoms with Gasteiger partial charge in [-0.2, -0.15) is 0 Å². The molecule has 0 aliphatic heterocycles. The number of rotatable bonds is 2. The second kappa shape index (κ2) is 6.70. The van der Waals surface area contributed by atoms with Crippen molar-refractivity contribution < 1.29 is 9.90 Å². The van der Waals surface area contributed by atoms with Crippen LogP contribution >= 0.6 is 0 Å². The summed E-state index contributed by atoms with van der Waals surface area (Å²) in [5.74, 6) is 0.162. The Morgan fingerprint density at radius 2 is 1.85 bits per heavy atom.